The summed E-state index contributed by atoms with van der Waals surface area (Å²) in [6.07, 6.45) is 26.0. The van der Waals surface area contributed by atoms with Gasteiger partial charge in [0.15, 0.2) is 23.0 Å². The second-order valence-corrected chi connectivity index (χ2v) is 19.2. The van der Waals surface area contributed by atoms with Gasteiger partial charge in [-0.1, -0.05) is 75.1 Å². The molecule has 0 spiro atoms. The van der Waals surface area contributed by atoms with Gasteiger partial charge in [-0.05, 0) is 98.4 Å². The number of nitrogens with zero attached hydrogens (tertiary/aromatic N) is 11. The van der Waals surface area contributed by atoms with Crippen LogP contribution >= 0.6 is 0 Å². The van der Waals surface area contributed by atoms with Crippen LogP contribution in [0.3, 0.4) is 0 Å². The molecule has 1 aliphatic carbocycles. The van der Waals surface area contributed by atoms with Crippen LogP contribution in [0.5, 0.6) is 0 Å². The van der Waals surface area contributed by atoms with E-state index in [1.165, 1.54) is 11.1 Å². The van der Waals surface area contributed by atoms with Crippen LogP contribution in [0.15, 0.2) is 153 Å². The number of aromatic nitrogens is 14. The number of hydrogen-bond donors (Lipinski definition) is 5. The highest BCUT2D eigenvalue weighted by Gasteiger charge is 2.20. The Hall–Kier alpha value is -9.28. The van der Waals surface area contributed by atoms with Crippen LogP contribution in [0.4, 0.5) is 5.69 Å². The maximum Gasteiger partial charge on any atom is 0.161 e. The first kappa shape index (κ1) is 47.1. The second kappa shape index (κ2) is 20.4. The number of allylic oxidation sites excluding steroid dienone is 7. The maximum atomic E-state index is 4.96. The average Bonchev–Trinajstić information content (AvgIpc) is 4.28. The fourth-order valence-electron chi connectivity index (χ4n) is 9.04. The van der Waals surface area contributed by atoms with Crippen LogP contribution in [0.2, 0.25) is 0 Å². The SMILES string of the molecule is C/C(=C\CC(C)C)c1cncc2[nH]c(-c3n[nH]c4ccc(-c5cncc(CN(C)C)c5)nc34)nc12.C=C(Cc1ccccc1)Nc1cncc(-c2ccc3[nH]nc(-c4nc5c(C6=CCC=C6)cncc5[nH]4)c3n2)c1. The number of nitrogens with one attached hydrogen (secondary N) is 5. The van der Waals surface area contributed by atoms with E-state index in [1.54, 1.807) is 24.8 Å². The number of aromatic amines is 4. The van der Waals surface area contributed by atoms with Gasteiger partial charge in [0.25, 0.3) is 0 Å². The summed E-state index contributed by atoms with van der Waals surface area (Å²) in [6, 6.07) is 22.3. The third-order valence-corrected chi connectivity index (χ3v) is 12.7. The molecule has 1 aromatic carbocycles. The van der Waals surface area contributed by atoms with Crippen molar-refractivity contribution in [3.63, 3.8) is 0 Å². The van der Waals surface area contributed by atoms with Crippen LogP contribution < -0.4 is 5.32 Å². The lowest BCUT2D eigenvalue weighted by molar-refractivity contribution is 0.402. The summed E-state index contributed by atoms with van der Waals surface area (Å²) >= 11 is 0. The van der Waals surface area contributed by atoms with Gasteiger partial charge in [-0.15, -0.1) is 0 Å². The minimum absolute atomic E-state index is 0.598. The van der Waals surface area contributed by atoms with Gasteiger partial charge in [-0.3, -0.25) is 30.1 Å². The number of anilines is 1. The first-order chi connectivity index (χ1) is 36.1. The molecule has 0 saturated carbocycles. The molecule has 12 rings (SSSR count). The van der Waals surface area contributed by atoms with E-state index >= 15 is 0 Å². The van der Waals surface area contributed by atoms with Crippen LogP contribution in [0, 0.1) is 5.92 Å². The molecule has 0 fully saturated rings. The zero-order valence-electron chi connectivity index (χ0n) is 41.8. The average molecular weight is 975 g/mol. The lowest BCUT2D eigenvalue weighted by Gasteiger charge is -2.11. The molecule has 16 heteroatoms. The van der Waals surface area contributed by atoms with Crippen molar-refractivity contribution in [2.45, 2.75) is 46.6 Å². The summed E-state index contributed by atoms with van der Waals surface area (Å²) in [7, 11) is 4.09. The molecule has 0 bridgehead atoms. The van der Waals surface area contributed by atoms with E-state index in [1.807, 2.05) is 87.4 Å². The highest BCUT2D eigenvalue weighted by molar-refractivity contribution is 5.97. The maximum absolute atomic E-state index is 4.96. The molecule has 10 aromatic heterocycles. The quantitative estimate of drug-likeness (QED) is 0.0690. The Morgan fingerprint density at radius 1 is 0.676 bits per heavy atom. The van der Waals surface area contributed by atoms with Crippen molar-refractivity contribution in [1.29, 1.82) is 0 Å². The second-order valence-electron chi connectivity index (χ2n) is 19.2. The van der Waals surface area contributed by atoms with Crippen molar-refractivity contribution in [1.82, 2.24) is 75.1 Å². The number of rotatable bonds is 14. The molecule has 10 heterocycles. The number of benzene rings is 1. The summed E-state index contributed by atoms with van der Waals surface area (Å²) < 4.78 is 0. The molecule has 1 aliphatic rings. The van der Waals surface area contributed by atoms with Crippen molar-refractivity contribution >= 4 is 61.0 Å². The molecule has 0 saturated heterocycles. The summed E-state index contributed by atoms with van der Waals surface area (Å²) in [5.41, 5.74) is 19.9. The molecule has 0 atom stereocenters. The Morgan fingerprint density at radius 3 is 1.97 bits per heavy atom. The summed E-state index contributed by atoms with van der Waals surface area (Å²) in [6.45, 7) is 11.6. The highest BCUT2D eigenvalue weighted by Crippen LogP contribution is 2.33. The topological polar surface area (TPSA) is 207 Å². The zero-order valence-corrected chi connectivity index (χ0v) is 41.8. The van der Waals surface area contributed by atoms with Gasteiger partial charge in [-0.25, -0.2) is 19.9 Å². The smallest absolute Gasteiger partial charge is 0.161 e. The lowest BCUT2D eigenvalue weighted by atomic mass is 10.0. The first-order valence-corrected chi connectivity index (χ1v) is 24.6. The van der Waals surface area contributed by atoms with Crippen molar-refractivity contribution in [2.24, 2.45) is 5.92 Å². The van der Waals surface area contributed by atoms with Crippen LogP contribution in [0.1, 0.15) is 55.9 Å². The number of pyridine rings is 6. The van der Waals surface area contributed by atoms with E-state index in [9.17, 15) is 0 Å². The number of fused-ring (bicyclic) bond motifs is 4. The minimum atomic E-state index is 0.598. The molecule has 366 valence electrons. The van der Waals surface area contributed by atoms with Crippen molar-refractivity contribution in [3.8, 4) is 45.6 Å². The van der Waals surface area contributed by atoms with Gasteiger partial charge in [-0.2, -0.15) is 10.2 Å². The van der Waals surface area contributed by atoms with Gasteiger partial charge in [0.2, 0.25) is 0 Å². The summed E-state index contributed by atoms with van der Waals surface area (Å²) in [5, 5.41) is 18.7. The Bertz CT molecular complexity index is 3940. The van der Waals surface area contributed by atoms with Crippen molar-refractivity contribution < 1.29 is 0 Å². The largest absolute Gasteiger partial charge is 0.358 e. The normalized spacial score (nSPS) is 12.6. The molecule has 0 aliphatic heterocycles. The first-order valence-electron chi connectivity index (χ1n) is 24.6. The fraction of sp³-hybridized carbons (Fsp3) is 0.172. The van der Waals surface area contributed by atoms with Crippen LogP contribution in [-0.4, -0.2) is 89.2 Å². The molecule has 16 nitrogen and oxygen atoms in total. The molecule has 0 radical (unpaired) electrons. The summed E-state index contributed by atoms with van der Waals surface area (Å²) in [5.74, 6) is 1.91. The molecule has 11 aromatic rings. The third kappa shape index (κ3) is 9.98. The predicted octanol–water partition coefficient (Wildman–Crippen LogP) is 11.9. The van der Waals surface area contributed by atoms with E-state index in [0.29, 0.717) is 29.0 Å². The van der Waals surface area contributed by atoms with Crippen LogP contribution in [0.25, 0.3) is 101 Å². The van der Waals surface area contributed by atoms with E-state index in [4.69, 9.17) is 19.9 Å². The Morgan fingerprint density at radius 2 is 1.31 bits per heavy atom. The van der Waals surface area contributed by atoms with Gasteiger partial charge in [0.05, 0.1) is 68.8 Å². The predicted molar refractivity (Wildman–Crippen MR) is 295 cm³/mol. The van der Waals surface area contributed by atoms with Gasteiger partial charge in [0, 0.05) is 71.9 Å². The Balaban J connectivity index is 0.000000160. The molecule has 5 N–H and O–H groups in total. The van der Waals surface area contributed by atoms with E-state index in [0.717, 1.165) is 126 Å². The van der Waals surface area contributed by atoms with Gasteiger partial charge in [0.1, 0.15) is 11.0 Å². The molecule has 0 amide bonds. The van der Waals surface area contributed by atoms with E-state index in [2.05, 4.69) is 130 Å². The molecular weight excluding hydrogens is 921 g/mol. The molecule has 74 heavy (non-hydrogen) atoms. The van der Waals surface area contributed by atoms with E-state index < -0.39 is 0 Å². The standard InChI is InChI=1S/C31H24N8.C27H30N8/c1-19(13-20-7-3-2-4-8-20)34-23-14-22(15-32-16-23)25-11-12-26-29(35-25)30(39-38-26)31-36-27-18-33-17-24(28(27)37-31)21-9-5-6-10-21;1-16(2)6-7-17(3)20-13-29-14-23-24(20)32-27(31-23)26-25-22(33-34-26)9-8-21(30-25)19-10-18(11-28-12-19)15-35(4)5/h2-5,7-12,14-18,34H,1,6,13H2,(H,36,37)(H,38,39);7-14,16H,6,15H2,1-5H3,(H,31,32)(H,33,34)/b;17-7+. The van der Waals surface area contributed by atoms with Crippen LogP contribution in [-0.2, 0) is 13.0 Å². The minimum Gasteiger partial charge on any atom is -0.358 e. The van der Waals surface area contributed by atoms with E-state index in [-0.39, 0.29) is 0 Å². The highest BCUT2D eigenvalue weighted by atomic mass is 15.2. The molecular formula is C58H54N16. The summed E-state index contributed by atoms with van der Waals surface area (Å²) in [4.78, 5) is 46.4. The zero-order chi connectivity index (χ0) is 50.7. The van der Waals surface area contributed by atoms with Gasteiger partial charge >= 0.3 is 0 Å². The monoisotopic (exact) mass is 974 g/mol. The third-order valence-electron chi connectivity index (χ3n) is 12.7. The lowest BCUT2D eigenvalue weighted by Crippen LogP contribution is -2.10. The number of hydrogen-bond acceptors (Lipinski definition) is 12. The number of H-pyrrole nitrogens is 4. The Labute approximate surface area is 427 Å². The van der Waals surface area contributed by atoms with Crippen molar-refractivity contribution in [2.75, 3.05) is 19.4 Å². The Kier molecular flexibility index (Phi) is 13.0. The van der Waals surface area contributed by atoms with Crippen molar-refractivity contribution in [3.05, 3.63) is 175 Å². The van der Waals surface area contributed by atoms with Gasteiger partial charge < -0.3 is 20.2 Å². The number of imidazole rings is 2. The fourth-order valence-corrected chi connectivity index (χ4v) is 9.04. The molecule has 0 unspecified atom stereocenters.